The molecular weight excluding hydrogens is 176 g/mol. The van der Waals surface area contributed by atoms with Crippen LogP contribution < -0.4 is 0 Å². The van der Waals surface area contributed by atoms with Gasteiger partial charge in [-0.1, -0.05) is 16.8 Å². The largest absolute Gasteiger partial charge is 0.342 e. The maximum absolute atomic E-state index is 5.71. The fraction of sp³-hybridized carbons (Fsp3) is 0. The van der Waals surface area contributed by atoms with Crippen molar-refractivity contribution in [1.29, 1.82) is 0 Å². The average molecular weight is 181 g/mol. The molecule has 3 nitrogen and oxygen atoms in total. The molecule has 0 saturated carbocycles. The molecule has 0 aliphatic rings. The van der Waals surface area contributed by atoms with Gasteiger partial charge in [-0.25, -0.2) is 0 Å². The Labute approximate surface area is 74.0 Å². The van der Waals surface area contributed by atoms with Gasteiger partial charge in [-0.2, -0.15) is 4.98 Å². The Kier molecular flexibility index (Phi) is 1.80. The Morgan fingerprint density at radius 2 is 1.92 bits per heavy atom. The fourth-order valence-electron chi connectivity index (χ4n) is 0.897. The van der Waals surface area contributed by atoms with E-state index in [9.17, 15) is 0 Å². The summed E-state index contributed by atoms with van der Waals surface area (Å²) in [6.07, 6.45) is 1.30. The Bertz CT molecular complexity index is 355. The number of aromatic nitrogens is 2. The molecule has 0 fully saturated rings. The minimum Gasteiger partial charge on any atom is -0.342 e. The molecule has 0 saturated heterocycles. The van der Waals surface area contributed by atoms with Crippen molar-refractivity contribution in [2.24, 2.45) is 0 Å². The van der Waals surface area contributed by atoms with Gasteiger partial charge in [-0.05, 0) is 24.3 Å². The Morgan fingerprint density at radius 3 is 2.50 bits per heavy atom. The lowest BCUT2D eigenvalue weighted by Gasteiger charge is -1.92. The molecule has 2 aromatic rings. The zero-order valence-corrected chi connectivity index (χ0v) is 6.82. The van der Waals surface area contributed by atoms with Crippen molar-refractivity contribution in [3.8, 4) is 11.4 Å². The monoisotopic (exact) mass is 180 g/mol. The van der Waals surface area contributed by atoms with Crippen molar-refractivity contribution in [2.75, 3.05) is 0 Å². The fourth-order valence-corrected chi connectivity index (χ4v) is 1.02. The van der Waals surface area contributed by atoms with Crippen molar-refractivity contribution < 1.29 is 4.52 Å². The summed E-state index contributed by atoms with van der Waals surface area (Å²) in [4.78, 5) is 3.90. The summed E-state index contributed by atoms with van der Waals surface area (Å²) in [5, 5.41) is 4.38. The summed E-state index contributed by atoms with van der Waals surface area (Å²) in [6.45, 7) is 0. The minimum absolute atomic E-state index is 0.576. The van der Waals surface area contributed by atoms with Gasteiger partial charge in [0, 0.05) is 10.6 Å². The molecule has 0 unspecified atom stereocenters. The van der Waals surface area contributed by atoms with Crippen LogP contribution in [-0.4, -0.2) is 10.1 Å². The molecule has 1 aromatic heterocycles. The van der Waals surface area contributed by atoms with E-state index in [-0.39, 0.29) is 0 Å². The highest BCUT2D eigenvalue weighted by Crippen LogP contribution is 2.16. The molecule has 0 bridgehead atoms. The third kappa shape index (κ3) is 1.31. The highest BCUT2D eigenvalue weighted by molar-refractivity contribution is 6.30. The van der Waals surface area contributed by atoms with E-state index in [0.717, 1.165) is 5.56 Å². The van der Waals surface area contributed by atoms with Crippen molar-refractivity contribution in [1.82, 2.24) is 10.1 Å². The van der Waals surface area contributed by atoms with E-state index in [1.54, 1.807) is 12.1 Å². The number of halogens is 1. The SMILES string of the molecule is Clc1ccc(-c2ncon2)cc1. The van der Waals surface area contributed by atoms with Crippen molar-refractivity contribution in [3.63, 3.8) is 0 Å². The number of benzene rings is 1. The predicted octanol–water partition coefficient (Wildman–Crippen LogP) is 2.39. The van der Waals surface area contributed by atoms with Gasteiger partial charge in [0.05, 0.1) is 0 Å². The van der Waals surface area contributed by atoms with Crippen LogP contribution in [0.2, 0.25) is 5.02 Å². The Balaban J connectivity index is 2.43. The summed E-state index contributed by atoms with van der Waals surface area (Å²) < 4.78 is 4.61. The summed E-state index contributed by atoms with van der Waals surface area (Å²) in [6, 6.07) is 7.25. The minimum atomic E-state index is 0.576. The van der Waals surface area contributed by atoms with Crippen LogP contribution in [0.15, 0.2) is 35.2 Å². The van der Waals surface area contributed by atoms with E-state index >= 15 is 0 Å². The second kappa shape index (κ2) is 2.95. The second-order valence-electron chi connectivity index (χ2n) is 2.26. The normalized spacial score (nSPS) is 10.1. The first-order valence-electron chi connectivity index (χ1n) is 3.38. The standard InChI is InChI=1S/C8H5ClN2O/c9-7-3-1-6(2-4-7)8-10-5-12-11-8/h1-5H. The van der Waals surface area contributed by atoms with Crippen LogP contribution in [-0.2, 0) is 0 Å². The van der Waals surface area contributed by atoms with Crippen molar-refractivity contribution >= 4 is 11.6 Å². The molecule has 1 heterocycles. The van der Waals surface area contributed by atoms with Crippen LogP contribution in [0.5, 0.6) is 0 Å². The molecule has 2 rings (SSSR count). The molecule has 0 spiro atoms. The van der Waals surface area contributed by atoms with E-state index in [0.29, 0.717) is 10.8 Å². The molecule has 60 valence electrons. The van der Waals surface area contributed by atoms with Gasteiger partial charge in [0.15, 0.2) is 0 Å². The van der Waals surface area contributed by atoms with Crippen LogP contribution in [0.4, 0.5) is 0 Å². The Morgan fingerprint density at radius 1 is 1.17 bits per heavy atom. The van der Waals surface area contributed by atoms with Crippen LogP contribution in [0, 0.1) is 0 Å². The molecule has 0 amide bonds. The smallest absolute Gasteiger partial charge is 0.214 e. The van der Waals surface area contributed by atoms with Gasteiger partial charge in [-0.3, -0.25) is 0 Å². The summed E-state index contributed by atoms with van der Waals surface area (Å²) in [5.74, 6) is 0.576. The lowest BCUT2D eigenvalue weighted by Crippen LogP contribution is -1.78. The lowest BCUT2D eigenvalue weighted by atomic mass is 10.2. The van der Waals surface area contributed by atoms with E-state index in [4.69, 9.17) is 11.6 Å². The lowest BCUT2D eigenvalue weighted by molar-refractivity contribution is 0.419. The first-order chi connectivity index (χ1) is 5.86. The van der Waals surface area contributed by atoms with E-state index in [1.165, 1.54) is 6.39 Å². The topological polar surface area (TPSA) is 38.9 Å². The first-order valence-corrected chi connectivity index (χ1v) is 3.76. The van der Waals surface area contributed by atoms with Gasteiger partial charge >= 0.3 is 0 Å². The molecule has 0 aliphatic heterocycles. The van der Waals surface area contributed by atoms with Crippen LogP contribution in [0.1, 0.15) is 0 Å². The van der Waals surface area contributed by atoms with Gasteiger partial charge in [0.1, 0.15) is 0 Å². The zero-order chi connectivity index (χ0) is 8.39. The summed E-state index contributed by atoms with van der Waals surface area (Å²) in [7, 11) is 0. The van der Waals surface area contributed by atoms with E-state index < -0.39 is 0 Å². The molecule has 0 aliphatic carbocycles. The van der Waals surface area contributed by atoms with Gasteiger partial charge in [-0.15, -0.1) is 0 Å². The van der Waals surface area contributed by atoms with Crippen LogP contribution >= 0.6 is 11.6 Å². The molecule has 0 atom stereocenters. The number of hydrogen-bond donors (Lipinski definition) is 0. The van der Waals surface area contributed by atoms with Gasteiger partial charge in [0.2, 0.25) is 12.2 Å². The first kappa shape index (κ1) is 7.31. The Hall–Kier alpha value is -1.35. The molecular formula is C8H5ClN2O. The molecule has 1 aromatic carbocycles. The van der Waals surface area contributed by atoms with Crippen molar-refractivity contribution in [2.45, 2.75) is 0 Å². The third-order valence-electron chi connectivity index (χ3n) is 1.46. The maximum atomic E-state index is 5.71. The predicted molar refractivity (Wildman–Crippen MR) is 44.7 cm³/mol. The third-order valence-corrected chi connectivity index (χ3v) is 1.72. The van der Waals surface area contributed by atoms with Gasteiger partial charge < -0.3 is 4.52 Å². The summed E-state index contributed by atoms with van der Waals surface area (Å²) >= 11 is 5.71. The number of nitrogens with zero attached hydrogens (tertiary/aromatic N) is 2. The number of hydrogen-bond acceptors (Lipinski definition) is 3. The van der Waals surface area contributed by atoms with E-state index in [2.05, 4.69) is 14.7 Å². The molecule has 0 radical (unpaired) electrons. The zero-order valence-electron chi connectivity index (χ0n) is 6.07. The molecule has 12 heavy (non-hydrogen) atoms. The van der Waals surface area contributed by atoms with Crippen LogP contribution in [0.25, 0.3) is 11.4 Å². The van der Waals surface area contributed by atoms with E-state index in [1.807, 2.05) is 12.1 Å². The highest BCUT2D eigenvalue weighted by Gasteiger charge is 2.00. The van der Waals surface area contributed by atoms with Gasteiger partial charge in [0.25, 0.3) is 0 Å². The molecule has 0 N–H and O–H groups in total. The second-order valence-corrected chi connectivity index (χ2v) is 2.70. The van der Waals surface area contributed by atoms with Crippen molar-refractivity contribution in [3.05, 3.63) is 35.7 Å². The highest BCUT2D eigenvalue weighted by atomic mass is 35.5. The summed E-state index contributed by atoms with van der Waals surface area (Å²) in [5.41, 5.74) is 0.896. The quantitative estimate of drug-likeness (QED) is 0.677. The molecule has 4 heteroatoms. The average Bonchev–Trinajstić information content (AvgIpc) is 2.58. The number of rotatable bonds is 1. The van der Waals surface area contributed by atoms with Crippen LogP contribution in [0.3, 0.4) is 0 Å². The maximum Gasteiger partial charge on any atom is 0.214 e.